The molecule has 0 aromatic heterocycles. The van der Waals surface area contributed by atoms with Crippen molar-refractivity contribution in [3.63, 3.8) is 0 Å². The first-order valence-corrected chi connectivity index (χ1v) is 6.97. The third-order valence-corrected chi connectivity index (χ3v) is 3.17. The fraction of sp³-hybridized carbons (Fsp3) is 0.375. The summed E-state index contributed by atoms with van der Waals surface area (Å²) in [6, 6.07) is 3.27. The van der Waals surface area contributed by atoms with E-state index < -0.39 is 6.10 Å². The Morgan fingerprint density at radius 3 is 2.86 bits per heavy atom. The summed E-state index contributed by atoms with van der Waals surface area (Å²) >= 11 is 0. The molecule has 0 bridgehead atoms. The summed E-state index contributed by atoms with van der Waals surface area (Å²) in [7, 11) is 0. The monoisotopic (exact) mass is 289 g/mol. The molecule has 1 aliphatic rings. The quantitative estimate of drug-likeness (QED) is 0.596. The average Bonchev–Trinajstić information content (AvgIpc) is 2.49. The van der Waals surface area contributed by atoms with E-state index in [4.69, 9.17) is 9.47 Å². The molecule has 0 aliphatic carbocycles. The number of ether oxygens (including phenoxy) is 2. The first-order chi connectivity index (χ1) is 10.1. The summed E-state index contributed by atoms with van der Waals surface area (Å²) in [5.41, 5.74) is 0.994. The number of hydrogen-bond donors (Lipinski definition) is 0. The highest BCUT2D eigenvalue weighted by atomic mass is 16.5. The number of amides is 1. The van der Waals surface area contributed by atoms with Crippen LogP contribution in [-0.4, -0.2) is 31.4 Å². The van der Waals surface area contributed by atoms with Crippen molar-refractivity contribution in [2.45, 2.75) is 26.4 Å². The summed E-state index contributed by atoms with van der Waals surface area (Å²) in [4.78, 5) is 24.9. The van der Waals surface area contributed by atoms with Gasteiger partial charge in [-0.3, -0.25) is 9.59 Å². The first kappa shape index (κ1) is 15.1. The Kier molecular flexibility index (Phi) is 4.62. The zero-order valence-corrected chi connectivity index (χ0v) is 12.3. The maximum absolute atomic E-state index is 12.2. The van der Waals surface area contributed by atoms with Gasteiger partial charge in [-0.2, -0.15) is 0 Å². The lowest BCUT2D eigenvalue weighted by molar-refractivity contribution is -0.125. The van der Waals surface area contributed by atoms with Crippen molar-refractivity contribution >= 4 is 17.9 Å². The highest BCUT2D eigenvalue weighted by Gasteiger charge is 2.33. The Balaban J connectivity index is 2.54. The van der Waals surface area contributed by atoms with E-state index in [-0.39, 0.29) is 5.91 Å². The van der Waals surface area contributed by atoms with E-state index in [1.807, 2.05) is 6.92 Å². The summed E-state index contributed by atoms with van der Waals surface area (Å²) in [6.07, 6.45) is 2.61. The van der Waals surface area contributed by atoms with E-state index in [1.54, 1.807) is 30.0 Å². The normalized spacial score (nSPS) is 17.0. The van der Waals surface area contributed by atoms with Crippen LogP contribution in [0.1, 0.15) is 30.6 Å². The summed E-state index contributed by atoms with van der Waals surface area (Å²) in [5.74, 6) is 0.833. The fourth-order valence-corrected chi connectivity index (χ4v) is 2.20. The third kappa shape index (κ3) is 2.91. The van der Waals surface area contributed by atoms with Crippen molar-refractivity contribution in [2.24, 2.45) is 0 Å². The minimum absolute atomic E-state index is 0.160. The van der Waals surface area contributed by atoms with E-state index in [0.717, 1.165) is 12.7 Å². The number of carbonyl (C=O) groups is 2. The molecule has 1 aromatic carbocycles. The Hall–Kier alpha value is -2.30. The van der Waals surface area contributed by atoms with Gasteiger partial charge in [-0.1, -0.05) is 13.0 Å². The van der Waals surface area contributed by atoms with Gasteiger partial charge in [-0.05, 0) is 25.5 Å². The molecule has 1 aromatic rings. The van der Waals surface area contributed by atoms with Crippen LogP contribution in [-0.2, 0) is 4.79 Å². The van der Waals surface area contributed by atoms with Gasteiger partial charge in [0.15, 0.2) is 17.6 Å². The number of anilines is 1. The van der Waals surface area contributed by atoms with E-state index in [1.165, 1.54) is 0 Å². The summed E-state index contributed by atoms with van der Waals surface area (Å²) in [5, 5.41) is 0. The van der Waals surface area contributed by atoms with Crippen molar-refractivity contribution in [1.29, 1.82) is 0 Å². The molecule has 0 saturated carbocycles. The number of hydrogen-bond acceptors (Lipinski definition) is 4. The lowest BCUT2D eigenvalue weighted by atomic mass is 10.1. The van der Waals surface area contributed by atoms with Gasteiger partial charge in [-0.25, -0.2) is 0 Å². The number of fused-ring (bicyclic) bond motifs is 1. The van der Waals surface area contributed by atoms with Crippen LogP contribution in [0.3, 0.4) is 0 Å². The van der Waals surface area contributed by atoms with Crippen molar-refractivity contribution in [3.05, 3.63) is 30.4 Å². The van der Waals surface area contributed by atoms with Gasteiger partial charge in [0.2, 0.25) is 0 Å². The van der Waals surface area contributed by atoms with E-state index in [2.05, 4.69) is 6.58 Å². The molecule has 112 valence electrons. The van der Waals surface area contributed by atoms with Crippen LogP contribution in [0, 0.1) is 0 Å². The molecule has 5 heteroatoms. The van der Waals surface area contributed by atoms with Gasteiger partial charge in [-0.15, -0.1) is 6.58 Å². The van der Waals surface area contributed by atoms with Gasteiger partial charge in [0.05, 0.1) is 12.3 Å². The van der Waals surface area contributed by atoms with Crippen molar-refractivity contribution in [3.8, 4) is 11.5 Å². The smallest absolute Gasteiger partial charge is 0.268 e. The minimum atomic E-state index is -0.594. The van der Waals surface area contributed by atoms with Gasteiger partial charge < -0.3 is 14.4 Å². The maximum atomic E-state index is 12.2. The largest absolute Gasteiger partial charge is 0.490 e. The van der Waals surface area contributed by atoms with Gasteiger partial charge in [0, 0.05) is 12.1 Å². The molecule has 0 N–H and O–H groups in total. The predicted octanol–water partition coefficient (Wildman–Crippen LogP) is 2.59. The van der Waals surface area contributed by atoms with Gasteiger partial charge >= 0.3 is 0 Å². The van der Waals surface area contributed by atoms with E-state index in [9.17, 15) is 9.59 Å². The van der Waals surface area contributed by atoms with Crippen molar-refractivity contribution in [1.82, 2.24) is 0 Å². The standard InChI is InChI=1S/C16H19NO4/c1-4-6-17-13-8-12(10-18)9-14(20-7-5-2)15(13)21-11(3)16(17)19/h4,8-11H,1,5-7H2,2-3H3. The van der Waals surface area contributed by atoms with Crippen LogP contribution in [0.15, 0.2) is 24.8 Å². The summed E-state index contributed by atoms with van der Waals surface area (Å²) < 4.78 is 11.3. The topological polar surface area (TPSA) is 55.8 Å². The molecule has 21 heavy (non-hydrogen) atoms. The predicted molar refractivity (Wildman–Crippen MR) is 80.3 cm³/mol. The molecule has 0 saturated heterocycles. The van der Waals surface area contributed by atoms with Crippen LogP contribution < -0.4 is 14.4 Å². The molecular weight excluding hydrogens is 270 g/mol. The van der Waals surface area contributed by atoms with Crippen molar-refractivity contribution in [2.75, 3.05) is 18.1 Å². The SMILES string of the molecule is C=CCN1C(=O)C(C)Oc2c(OCCC)cc(C=O)cc21. The molecule has 1 atom stereocenters. The maximum Gasteiger partial charge on any atom is 0.268 e. The van der Waals surface area contributed by atoms with Gasteiger partial charge in [0.1, 0.15) is 6.29 Å². The van der Waals surface area contributed by atoms with Crippen molar-refractivity contribution < 1.29 is 19.1 Å². The number of benzene rings is 1. The Morgan fingerprint density at radius 1 is 1.48 bits per heavy atom. The highest BCUT2D eigenvalue weighted by molar-refractivity contribution is 6.01. The molecular formula is C16H19NO4. The molecule has 0 spiro atoms. The van der Waals surface area contributed by atoms with Crippen LogP contribution in [0.2, 0.25) is 0 Å². The average molecular weight is 289 g/mol. The van der Waals surface area contributed by atoms with Crippen LogP contribution in [0.4, 0.5) is 5.69 Å². The number of nitrogens with zero attached hydrogens (tertiary/aromatic N) is 1. The van der Waals surface area contributed by atoms with Gasteiger partial charge in [0.25, 0.3) is 5.91 Å². The molecule has 0 fully saturated rings. The lowest BCUT2D eigenvalue weighted by Gasteiger charge is -2.33. The second-order valence-corrected chi connectivity index (χ2v) is 4.83. The van der Waals surface area contributed by atoms with Crippen LogP contribution >= 0.6 is 0 Å². The molecule has 1 aliphatic heterocycles. The zero-order chi connectivity index (χ0) is 15.4. The van der Waals surface area contributed by atoms with E-state index in [0.29, 0.717) is 35.9 Å². The number of carbonyl (C=O) groups excluding carboxylic acids is 2. The molecule has 1 amide bonds. The first-order valence-electron chi connectivity index (χ1n) is 6.97. The highest BCUT2D eigenvalue weighted by Crippen LogP contribution is 2.42. The van der Waals surface area contributed by atoms with E-state index >= 15 is 0 Å². The molecule has 2 rings (SSSR count). The minimum Gasteiger partial charge on any atom is -0.490 e. The second-order valence-electron chi connectivity index (χ2n) is 4.83. The van der Waals surface area contributed by atoms with Crippen LogP contribution in [0.25, 0.3) is 0 Å². The molecule has 1 heterocycles. The molecule has 5 nitrogen and oxygen atoms in total. The van der Waals surface area contributed by atoms with Crippen LogP contribution in [0.5, 0.6) is 11.5 Å². The lowest BCUT2D eigenvalue weighted by Crippen LogP contribution is -2.44. The molecule has 1 unspecified atom stereocenters. The fourth-order valence-electron chi connectivity index (χ4n) is 2.20. The third-order valence-electron chi connectivity index (χ3n) is 3.17. The second kappa shape index (κ2) is 6.43. The Labute approximate surface area is 124 Å². The number of rotatable bonds is 6. The number of aldehydes is 1. The Bertz CT molecular complexity index is 568. The molecule has 0 radical (unpaired) electrons. The Morgan fingerprint density at radius 2 is 2.24 bits per heavy atom. The zero-order valence-electron chi connectivity index (χ0n) is 12.3. The summed E-state index contributed by atoms with van der Waals surface area (Å²) in [6.45, 7) is 8.22.